The maximum Gasteiger partial charge on any atom is 2.00 e. The van der Waals surface area contributed by atoms with Gasteiger partial charge in [-0.3, -0.25) is 0 Å². The standard InChI is InChI=1S/2C15H24P.Fe/c2*1-11(2)14-9-10-15(12(3)4)16(14)13-7-5-6-8-13;/h2*5-8,11-12,14-15H,9-10H2,1-4H3;/q2*-1;+2/t2*14-,15-;/m11./s1. The van der Waals surface area contributed by atoms with Crippen molar-refractivity contribution in [3.8, 4) is 0 Å². The summed E-state index contributed by atoms with van der Waals surface area (Å²) in [6, 6.07) is 18.3. The van der Waals surface area contributed by atoms with Crippen LogP contribution in [-0.2, 0) is 17.1 Å². The topological polar surface area (TPSA) is 0 Å². The van der Waals surface area contributed by atoms with Gasteiger partial charge in [-0.2, -0.15) is 24.3 Å². The first kappa shape index (κ1) is 29.3. The van der Waals surface area contributed by atoms with Crippen molar-refractivity contribution in [1.82, 2.24) is 0 Å². The van der Waals surface area contributed by atoms with Gasteiger partial charge in [0.15, 0.2) is 0 Å². The average molecular weight is 527 g/mol. The van der Waals surface area contributed by atoms with Gasteiger partial charge in [0.05, 0.1) is 0 Å². The van der Waals surface area contributed by atoms with Gasteiger partial charge in [-0.1, -0.05) is 71.2 Å². The maximum absolute atomic E-state index is 2.41. The Morgan fingerprint density at radius 2 is 0.848 bits per heavy atom. The van der Waals surface area contributed by atoms with Crippen LogP contribution in [0.1, 0.15) is 81.1 Å². The molecule has 2 heterocycles. The van der Waals surface area contributed by atoms with Crippen LogP contribution in [0, 0.1) is 23.7 Å². The molecule has 2 fully saturated rings. The minimum atomic E-state index is 0. The largest absolute Gasteiger partial charge is 2.00 e. The van der Waals surface area contributed by atoms with E-state index >= 15 is 0 Å². The third kappa shape index (κ3) is 7.07. The summed E-state index contributed by atoms with van der Waals surface area (Å²) in [5.41, 5.74) is 3.85. The van der Waals surface area contributed by atoms with Crippen LogP contribution in [0.15, 0.2) is 48.5 Å². The van der Waals surface area contributed by atoms with E-state index in [1.807, 2.05) is 0 Å². The number of rotatable bonds is 6. The van der Waals surface area contributed by atoms with Crippen LogP contribution in [0.5, 0.6) is 0 Å². The van der Waals surface area contributed by atoms with Crippen molar-refractivity contribution in [2.24, 2.45) is 23.7 Å². The molecule has 3 heteroatoms. The molecule has 0 nitrogen and oxygen atoms in total. The van der Waals surface area contributed by atoms with Gasteiger partial charge in [0.1, 0.15) is 0 Å². The van der Waals surface area contributed by atoms with E-state index in [1.54, 1.807) is 10.6 Å². The van der Waals surface area contributed by atoms with Gasteiger partial charge in [-0.15, -0.1) is 10.6 Å². The van der Waals surface area contributed by atoms with E-state index in [0.717, 1.165) is 46.3 Å². The Balaban J connectivity index is 0.000000227. The molecule has 33 heavy (non-hydrogen) atoms. The van der Waals surface area contributed by atoms with Crippen molar-refractivity contribution in [1.29, 1.82) is 0 Å². The predicted molar refractivity (Wildman–Crippen MR) is 150 cm³/mol. The fourth-order valence-electron chi connectivity index (χ4n) is 6.19. The fraction of sp³-hybridized carbons (Fsp3) is 0.667. The van der Waals surface area contributed by atoms with Crippen LogP contribution < -0.4 is 10.6 Å². The van der Waals surface area contributed by atoms with E-state index in [-0.39, 0.29) is 32.9 Å². The van der Waals surface area contributed by atoms with Crippen LogP contribution in [0.4, 0.5) is 0 Å². The molecule has 0 radical (unpaired) electrons. The van der Waals surface area contributed by atoms with E-state index in [2.05, 4.69) is 104 Å². The number of hydrogen-bond donors (Lipinski definition) is 0. The number of hydrogen-bond acceptors (Lipinski definition) is 0. The van der Waals surface area contributed by atoms with Crippen molar-refractivity contribution < 1.29 is 17.1 Å². The summed E-state index contributed by atoms with van der Waals surface area (Å²) in [7, 11) is 0.182. The summed E-state index contributed by atoms with van der Waals surface area (Å²) in [6.07, 6.45) is 5.82. The van der Waals surface area contributed by atoms with Gasteiger partial charge >= 0.3 is 17.1 Å². The van der Waals surface area contributed by atoms with Crippen molar-refractivity contribution >= 4 is 26.5 Å². The molecule has 4 rings (SSSR count). The summed E-state index contributed by atoms with van der Waals surface area (Å²) in [6.45, 7) is 19.3. The van der Waals surface area contributed by atoms with Crippen LogP contribution >= 0.6 is 15.8 Å². The van der Waals surface area contributed by atoms with E-state index in [9.17, 15) is 0 Å². The molecule has 0 spiro atoms. The summed E-state index contributed by atoms with van der Waals surface area (Å²) >= 11 is 0. The van der Waals surface area contributed by atoms with E-state index in [1.165, 1.54) is 25.7 Å². The first-order valence-corrected chi connectivity index (χ1v) is 16.2. The quantitative estimate of drug-likeness (QED) is 0.201. The molecule has 186 valence electrons. The predicted octanol–water partition coefficient (Wildman–Crippen LogP) is 8.71. The molecule has 0 amide bonds. The molecule has 0 unspecified atom stereocenters. The van der Waals surface area contributed by atoms with Gasteiger partial charge in [-0.25, -0.2) is 24.3 Å². The molecule has 2 aromatic rings. The van der Waals surface area contributed by atoms with Crippen molar-refractivity contribution in [2.45, 2.75) is 104 Å². The van der Waals surface area contributed by atoms with Gasteiger partial charge in [0, 0.05) is 0 Å². The SMILES string of the molecule is CC(C)[C@H]1CC[C@H](C(C)C)P1c1ccc[cH-]1.CC(C)[C@H]1CC[C@H](C(C)C)P1c1ccc[cH-]1.[Fe+2]. The van der Waals surface area contributed by atoms with Crippen LogP contribution in [0.2, 0.25) is 0 Å². The zero-order valence-corrected chi connectivity index (χ0v) is 25.2. The Hall–Kier alpha value is 0.0795. The second-order valence-corrected chi connectivity index (χ2v) is 16.8. The minimum absolute atomic E-state index is 0. The van der Waals surface area contributed by atoms with Crippen molar-refractivity contribution in [2.75, 3.05) is 0 Å². The molecule has 2 aliphatic heterocycles. The molecular formula is C30H48FeP2. The maximum atomic E-state index is 2.41. The Labute approximate surface area is 218 Å². The molecule has 2 aromatic carbocycles. The van der Waals surface area contributed by atoms with Gasteiger partial charge in [-0.05, 0) is 72.0 Å². The zero-order chi connectivity index (χ0) is 23.4. The van der Waals surface area contributed by atoms with E-state index < -0.39 is 0 Å². The Morgan fingerprint density at radius 1 is 0.576 bits per heavy atom. The van der Waals surface area contributed by atoms with Crippen LogP contribution in [-0.4, -0.2) is 22.6 Å². The normalized spacial score (nSPS) is 26.3. The second kappa shape index (κ2) is 13.4. The average Bonchev–Trinajstić information content (AvgIpc) is 3.54. The van der Waals surface area contributed by atoms with Gasteiger partial charge in [0.25, 0.3) is 0 Å². The smallest absolute Gasteiger partial charge is 0.213 e. The van der Waals surface area contributed by atoms with Gasteiger partial charge < -0.3 is 0 Å². The molecule has 4 atom stereocenters. The molecular weight excluding hydrogens is 478 g/mol. The molecule has 0 bridgehead atoms. The summed E-state index contributed by atoms with van der Waals surface area (Å²) < 4.78 is 0. The van der Waals surface area contributed by atoms with E-state index in [0.29, 0.717) is 0 Å². The van der Waals surface area contributed by atoms with Crippen molar-refractivity contribution in [3.05, 3.63) is 48.5 Å². The fourth-order valence-corrected chi connectivity index (χ4v) is 14.0. The first-order valence-electron chi connectivity index (χ1n) is 13.2. The summed E-state index contributed by atoms with van der Waals surface area (Å²) in [4.78, 5) is 0. The monoisotopic (exact) mass is 526 g/mol. The molecule has 0 saturated carbocycles. The van der Waals surface area contributed by atoms with Crippen LogP contribution in [0.25, 0.3) is 0 Å². The Morgan fingerprint density at radius 3 is 1.03 bits per heavy atom. The second-order valence-electron chi connectivity index (χ2n) is 11.5. The Kier molecular flexibility index (Phi) is 11.9. The third-order valence-electron chi connectivity index (χ3n) is 7.91. The first-order chi connectivity index (χ1) is 15.2. The third-order valence-corrected chi connectivity index (χ3v) is 16.0. The Bertz CT molecular complexity index is 661. The molecule has 0 aromatic heterocycles. The molecule has 0 aliphatic carbocycles. The molecule has 2 aliphatic rings. The zero-order valence-electron chi connectivity index (χ0n) is 22.3. The van der Waals surface area contributed by atoms with E-state index in [4.69, 9.17) is 0 Å². The summed E-state index contributed by atoms with van der Waals surface area (Å²) in [5.74, 6) is 3.41. The molecule has 0 N–H and O–H groups in total. The van der Waals surface area contributed by atoms with Crippen LogP contribution in [0.3, 0.4) is 0 Å². The minimum Gasteiger partial charge on any atom is -0.213 e. The summed E-state index contributed by atoms with van der Waals surface area (Å²) in [5, 5.41) is 3.31. The van der Waals surface area contributed by atoms with Crippen molar-refractivity contribution in [3.63, 3.8) is 0 Å². The molecule has 2 saturated heterocycles. The van der Waals surface area contributed by atoms with Gasteiger partial charge in [0.2, 0.25) is 0 Å².